The maximum atomic E-state index is 15.8. The topological polar surface area (TPSA) is 246 Å². The van der Waals surface area contributed by atoms with E-state index < -0.39 is 74.3 Å². The number of hydrogen-bond donors (Lipinski definition) is 2. The van der Waals surface area contributed by atoms with Gasteiger partial charge in [-0.05, 0) is 0 Å². The zero-order valence-corrected chi connectivity index (χ0v) is 22.8. The fourth-order valence-corrected chi connectivity index (χ4v) is 7.01. The van der Waals surface area contributed by atoms with Gasteiger partial charge in [-0.1, -0.05) is 0 Å². The van der Waals surface area contributed by atoms with Crippen LogP contribution in [0.2, 0.25) is 0 Å². The smallest absolute Gasteiger partial charge is 0.336 e. The highest BCUT2D eigenvalue weighted by atomic mass is 32.2. The minimum absolute atomic E-state index is 0.0294. The van der Waals surface area contributed by atoms with Crippen LogP contribution in [0.1, 0.15) is 18.9 Å². The molecule has 3 N–H and O–H groups in total. The maximum Gasteiger partial charge on any atom is 0.336 e. The van der Waals surface area contributed by atoms with Crippen molar-refractivity contribution in [1.82, 2.24) is 43.8 Å². The van der Waals surface area contributed by atoms with Crippen LogP contribution < -0.4 is 15.3 Å². The molecule has 4 aromatic heterocycles. The van der Waals surface area contributed by atoms with Crippen LogP contribution in [-0.2, 0) is 37.6 Å². The first-order valence-corrected chi connectivity index (χ1v) is 15.3. The van der Waals surface area contributed by atoms with E-state index in [1.54, 1.807) is 0 Å². The van der Waals surface area contributed by atoms with E-state index in [0.717, 1.165) is 6.33 Å². The summed E-state index contributed by atoms with van der Waals surface area (Å²) < 4.78 is 86.5. The van der Waals surface area contributed by atoms with Gasteiger partial charge in [0, 0.05) is 13.0 Å². The number of halogens is 1. The van der Waals surface area contributed by atoms with Crippen molar-refractivity contribution in [2.24, 2.45) is 0 Å². The number of phosphoric acid groups is 1. The van der Waals surface area contributed by atoms with Gasteiger partial charge in [0.05, 0.1) is 25.5 Å². The average molecular weight is 627 g/mol. The number of alkyl halides is 1. The lowest BCUT2D eigenvalue weighted by Crippen LogP contribution is -2.44. The first-order chi connectivity index (χ1) is 20.1. The molecule has 3 aliphatic heterocycles. The lowest BCUT2D eigenvalue weighted by molar-refractivity contribution is -0.235. The summed E-state index contributed by atoms with van der Waals surface area (Å²) in [5.74, 6) is 0.0294. The number of nitrogen functional groups attached to an aromatic ring is 1. The number of aromatic nitrogens is 8. The van der Waals surface area contributed by atoms with Crippen molar-refractivity contribution in [2.45, 2.75) is 49.5 Å². The molecule has 0 bridgehead atoms. The summed E-state index contributed by atoms with van der Waals surface area (Å²) in [7, 11) is -9.69. The Morgan fingerprint density at radius 2 is 1.86 bits per heavy atom. The molecule has 0 spiro atoms. The van der Waals surface area contributed by atoms with Crippen molar-refractivity contribution in [1.29, 1.82) is 0 Å². The molecule has 0 aliphatic carbocycles. The highest BCUT2D eigenvalue weighted by molar-refractivity contribution is 7.84. The Labute approximate surface area is 235 Å². The largest absolute Gasteiger partial charge is 0.756 e. The van der Waals surface area contributed by atoms with Crippen LogP contribution in [0.3, 0.4) is 0 Å². The van der Waals surface area contributed by atoms with Gasteiger partial charge in [-0.25, -0.2) is 34.3 Å². The molecule has 0 amide bonds. The number of nitrogens with one attached hydrogen (secondary N) is 1. The Kier molecular flexibility index (Phi) is 6.68. The summed E-state index contributed by atoms with van der Waals surface area (Å²) in [6.07, 6.45) is -3.62. The minimum atomic E-state index is -5.20. The molecule has 224 valence electrons. The molecule has 3 fully saturated rings. The standard InChI is InChI=1S/C20H22FN10O9PS/c21-14-16-11(38-20(14)31-8-28-15-17(22)24-6-26-19(15)31)3-29-42(34,35)40-10-1-13(37-12(10)4-36-41(32,33)39-16)30-7-27-9-2-23-5-25-18(9)30/h2,5-8,10-14,16,20,29H,1,3-4H2,(H,32,33)(H2,22,24,26)/p-1/t10-,11+,12+,13+,14+,16+,20+/m0/s1. The summed E-state index contributed by atoms with van der Waals surface area (Å²) in [6.45, 7) is -1.31. The van der Waals surface area contributed by atoms with Crippen LogP contribution in [0.25, 0.3) is 22.3 Å². The summed E-state index contributed by atoms with van der Waals surface area (Å²) in [5.41, 5.74) is 6.93. The lowest BCUT2D eigenvalue weighted by Gasteiger charge is -2.31. The molecule has 1 unspecified atom stereocenters. The zero-order chi connectivity index (χ0) is 29.2. The summed E-state index contributed by atoms with van der Waals surface area (Å²) >= 11 is 0. The van der Waals surface area contributed by atoms with Gasteiger partial charge in [-0.3, -0.25) is 17.9 Å². The van der Waals surface area contributed by atoms with Crippen LogP contribution in [0.4, 0.5) is 10.2 Å². The number of phosphoric ester groups is 1. The van der Waals surface area contributed by atoms with Crippen LogP contribution in [-0.4, -0.2) is 91.2 Å². The van der Waals surface area contributed by atoms with Crippen molar-refractivity contribution in [3.8, 4) is 0 Å². The van der Waals surface area contributed by atoms with Gasteiger partial charge in [0.1, 0.15) is 54.3 Å². The molecule has 19 nitrogen and oxygen atoms in total. The summed E-state index contributed by atoms with van der Waals surface area (Å²) in [5, 5.41) is 0. The van der Waals surface area contributed by atoms with Gasteiger partial charge in [0.2, 0.25) is 0 Å². The molecule has 0 aromatic carbocycles. The van der Waals surface area contributed by atoms with E-state index in [4.69, 9.17) is 28.4 Å². The van der Waals surface area contributed by atoms with Crippen LogP contribution >= 0.6 is 7.82 Å². The van der Waals surface area contributed by atoms with Crippen molar-refractivity contribution in [3.63, 3.8) is 0 Å². The lowest BCUT2D eigenvalue weighted by atomic mass is 10.1. The third-order valence-corrected chi connectivity index (χ3v) is 9.00. The highest BCUT2D eigenvalue weighted by Gasteiger charge is 2.50. The number of fused-ring (bicyclic) bond motifs is 4. The fourth-order valence-electron chi connectivity index (χ4n) is 5.11. The first kappa shape index (κ1) is 27.6. The number of anilines is 1. The van der Waals surface area contributed by atoms with E-state index in [0.29, 0.717) is 11.2 Å². The molecular weight excluding hydrogens is 606 g/mol. The van der Waals surface area contributed by atoms with Crippen LogP contribution in [0, 0.1) is 0 Å². The number of nitrogens with zero attached hydrogens (tertiary/aromatic N) is 8. The Hall–Kier alpha value is -3.27. The average Bonchev–Trinajstić information content (AvgIpc) is 3.72. The number of imidazole rings is 2. The normalized spacial score (nSPS) is 35.4. The van der Waals surface area contributed by atoms with Crippen LogP contribution in [0.5, 0.6) is 0 Å². The second kappa shape index (κ2) is 10.2. The minimum Gasteiger partial charge on any atom is -0.756 e. The van der Waals surface area contributed by atoms with Gasteiger partial charge < -0.3 is 29.1 Å². The van der Waals surface area contributed by atoms with E-state index in [9.17, 15) is 17.9 Å². The number of rotatable bonds is 2. The highest BCUT2D eigenvalue weighted by Crippen LogP contribution is 2.47. The van der Waals surface area contributed by atoms with E-state index in [-0.39, 0.29) is 23.4 Å². The molecule has 0 radical (unpaired) electrons. The quantitative estimate of drug-likeness (QED) is 0.250. The molecule has 42 heavy (non-hydrogen) atoms. The Balaban J connectivity index is 1.15. The maximum absolute atomic E-state index is 15.8. The van der Waals surface area contributed by atoms with Gasteiger partial charge in [0.15, 0.2) is 29.5 Å². The summed E-state index contributed by atoms with van der Waals surface area (Å²) in [4.78, 5) is 37.0. The van der Waals surface area contributed by atoms with Gasteiger partial charge in [0.25, 0.3) is 7.82 Å². The fraction of sp³-hybridized carbons (Fsp3) is 0.500. The van der Waals surface area contributed by atoms with E-state index in [1.807, 2.05) is 0 Å². The second-order valence-electron chi connectivity index (χ2n) is 9.59. The predicted octanol–water partition coefficient (Wildman–Crippen LogP) is -1.13. The van der Waals surface area contributed by atoms with Gasteiger partial charge in [-0.15, -0.1) is 0 Å². The van der Waals surface area contributed by atoms with Crippen molar-refractivity contribution in [3.05, 3.63) is 31.5 Å². The molecule has 7 rings (SSSR count). The molecule has 22 heteroatoms. The SMILES string of the molecule is Nc1ncnc2c1ncn2[C@@H]1O[C@@H]2CNS(=O)(=O)O[C@H]3C[C@H](n4cnc5cncnc54)O[C@@H]3COP(=O)([O-])O[C@H]2[C@H]1F. The third-order valence-electron chi connectivity index (χ3n) is 7.02. The van der Waals surface area contributed by atoms with Crippen molar-refractivity contribution in [2.75, 3.05) is 18.9 Å². The molecule has 0 saturated carbocycles. The first-order valence-electron chi connectivity index (χ1n) is 12.4. The molecule has 3 aliphatic rings. The molecule has 3 saturated heterocycles. The number of hydrogen-bond acceptors (Lipinski definition) is 16. The number of nitrogens with two attached hydrogens (primary N) is 1. The molecule has 4 aromatic rings. The predicted molar refractivity (Wildman–Crippen MR) is 133 cm³/mol. The van der Waals surface area contributed by atoms with Crippen LogP contribution in [0.15, 0.2) is 31.5 Å². The summed E-state index contributed by atoms with van der Waals surface area (Å²) in [6, 6.07) is 0. The number of ether oxygens (including phenoxy) is 2. The zero-order valence-electron chi connectivity index (χ0n) is 21.1. The van der Waals surface area contributed by atoms with E-state index in [2.05, 4.69) is 34.6 Å². The molecule has 7 heterocycles. The molecule has 8 atom stereocenters. The van der Waals surface area contributed by atoms with Gasteiger partial charge in [-0.2, -0.15) is 13.1 Å². The Bertz CT molecular complexity index is 1810. The van der Waals surface area contributed by atoms with Gasteiger partial charge >= 0.3 is 10.3 Å². The monoisotopic (exact) mass is 627 g/mol. The molecular formula is C20H21FN10O9PS-. The van der Waals surface area contributed by atoms with E-state index >= 15 is 4.39 Å². The van der Waals surface area contributed by atoms with E-state index in [1.165, 1.54) is 34.3 Å². The van der Waals surface area contributed by atoms with Crippen molar-refractivity contribution >= 4 is 46.3 Å². The van der Waals surface area contributed by atoms with Crippen molar-refractivity contribution < 1.29 is 45.0 Å². The third kappa shape index (κ3) is 4.91. The second-order valence-corrected chi connectivity index (χ2v) is 12.3. The Morgan fingerprint density at radius 3 is 2.71 bits per heavy atom. The Morgan fingerprint density at radius 1 is 1.05 bits per heavy atom.